The first-order chi connectivity index (χ1) is 25.1. The molecule has 0 saturated carbocycles. The molecule has 51 heavy (non-hydrogen) atoms. The van der Waals surface area contributed by atoms with Crippen molar-refractivity contribution < 1.29 is 17.7 Å². The van der Waals surface area contributed by atoms with Crippen LogP contribution < -0.4 is 4.52 Å². The van der Waals surface area contributed by atoms with Crippen molar-refractivity contribution in [1.82, 2.24) is 0 Å². The van der Waals surface area contributed by atoms with Crippen molar-refractivity contribution in [2.75, 3.05) is 6.61 Å². The Morgan fingerprint density at radius 2 is 1.33 bits per heavy atom. The normalized spacial score (nSPS) is 16.7. The highest BCUT2D eigenvalue weighted by Crippen LogP contribution is 2.45. The minimum absolute atomic E-state index is 0.347. The first kappa shape index (κ1) is 34.1. The van der Waals surface area contributed by atoms with E-state index in [2.05, 4.69) is 98.5 Å². The lowest BCUT2D eigenvalue weighted by Gasteiger charge is -2.36. The van der Waals surface area contributed by atoms with Gasteiger partial charge in [-0.25, -0.2) is 4.99 Å². The van der Waals surface area contributed by atoms with Gasteiger partial charge in [-0.2, -0.15) is 0 Å². The fourth-order valence-corrected chi connectivity index (χ4v) is 8.33. The fraction of sp³-hybridized carbons (Fsp3) is 0.178. The van der Waals surface area contributed by atoms with Crippen molar-refractivity contribution in [3.05, 3.63) is 169 Å². The molecule has 1 aliphatic rings. The smallest absolute Gasteiger partial charge is 0.388 e. The quantitative estimate of drug-likeness (QED) is 0.127. The Kier molecular flexibility index (Phi) is 10.2. The molecule has 256 valence electrons. The largest absolute Gasteiger partial charge is 0.475 e. The summed E-state index contributed by atoms with van der Waals surface area (Å²) in [5, 5.41) is 6.43. The zero-order valence-corrected chi connectivity index (χ0v) is 30.2. The maximum absolute atomic E-state index is 7.42. The van der Waals surface area contributed by atoms with Gasteiger partial charge in [-0.05, 0) is 77.7 Å². The molecule has 5 aromatic carbocycles. The fourth-order valence-electron chi connectivity index (χ4n) is 7.04. The van der Waals surface area contributed by atoms with Crippen molar-refractivity contribution in [2.24, 2.45) is 4.99 Å². The van der Waals surface area contributed by atoms with Crippen LogP contribution in [0.5, 0.6) is 0 Å². The van der Waals surface area contributed by atoms with Crippen LogP contribution >= 0.6 is 8.24 Å². The molecular weight excluding hydrogens is 649 g/mol. The van der Waals surface area contributed by atoms with Gasteiger partial charge in [0.15, 0.2) is 0 Å². The van der Waals surface area contributed by atoms with E-state index < -0.39 is 13.8 Å². The number of hydrogen-bond donors (Lipinski definition) is 0. The predicted molar refractivity (Wildman–Crippen MR) is 214 cm³/mol. The third-order valence-electron chi connectivity index (χ3n) is 9.38. The highest BCUT2D eigenvalue weighted by Gasteiger charge is 2.46. The molecule has 2 heterocycles. The van der Waals surface area contributed by atoms with Gasteiger partial charge < -0.3 is 13.1 Å². The van der Waals surface area contributed by atoms with Crippen molar-refractivity contribution in [2.45, 2.75) is 45.3 Å². The second kappa shape index (κ2) is 15.3. The van der Waals surface area contributed by atoms with E-state index in [1.165, 1.54) is 0 Å². The van der Waals surface area contributed by atoms with Gasteiger partial charge in [0.2, 0.25) is 5.90 Å². The van der Waals surface area contributed by atoms with Crippen LogP contribution in [-0.4, -0.2) is 24.1 Å². The van der Waals surface area contributed by atoms with Crippen molar-refractivity contribution >= 4 is 57.6 Å². The highest BCUT2D eigenvalue weighted by molar-refractivity contribution is 7.31. The van der Waals surface area contributed by atoms with Crippen molar-refractivity contribution in [1.29, 1.82) is 0 Å². The van der Waals surface area contributed by atoms with Crippen LogP contribution in [0.2, 0.25) is 0 Å². The molecule has 6 aromatic rings. The van der Waals surface area contributed by atoms with Crippen LogP contribution in [0, 0.1) is 0 Å². The van der Waals surface area contributed by atoms with Crippen LogP contribution in [-0.2, 0) is 4.74 Å². The summed E-state index contributed by atoms with van der Waals surface area (Å²) in [6, 6.07) is 34.8. The summed E-state index contributed by atoms with van der Waals surface area (Å²) >= 11 is 0. The van der Waals surface area contributed by atoms with Gasteiger partial charge in [0.1, 0.15) is 29.4 Å². The van der Waals surface area contributed by atoms with Crippen LogP contribution in [0.25, 0.3) is 43.5 Å². The predicted octanol–water partition coefficient (Wildman–Crippen LogP) is 12.6. The van der Waals surface area contributed by atoms with Crippen molar-refractivity contribution in [3.63, 3.8) is 0 Å². The van der Waals surface area contributed by atoms with Gasteiger partial charge in [-0.3, -0.25) is 4.52 Å². The van der Waals surface area contributed by atoms with Gasteiger partial charge in [-0.1, -0.05) is 128 Å². The summed E-state index contributed by atoms with van der Waals surface area (Å²) in [5.41, 5.74) is 3.59. The van der Waals surface area contributed by atoms with Crippen molar-refractivity contribution in [3.8, 4) is 0 Å². The van der Waals surface area contributed by atoms with E-state index >= 15 is 0 Å². The number of fused-ring (bicyclic) bond motifs is 7. The first-order valence-corrected chi connectivity index (χ1v) is 18.5. The summed E-state index contributed by atoms with van der Waals surface area (Å²) in [5.74, 6) is 0.603. The summed E-state index contributed by atoms with van der Waals surface area (Å²) < 4.78 is 27.6. The lowest BCUT2D eigenvalue weighted by Crippen LogP contribution is -2.48. The molecule has 6 heteroatoms. The third kappa shape index (κ3) is 7.01. The molecule has 0 bridgehead atoms. The summed E-state index contributed by atoms with van der Waals surface area (Å²) in [4.78, 5) is 5.25. The third-order valence-corrected chi connectivity index (χ3v) is 10.6. The molecule has 1 aliphatic heterocycles. The molecule has 2 unspecified atom stereocenters. The van der Waals surface area contributed by atoms with Crippen LogP contribution in [0.4, 0.5) is 0 Å². The van der Waals surface area contributed by atoms with E-state index in [1.807, 2.05) is 74.5 Å². The average Bonchev–Trinajstić information content (AvgIpc) is 3.60. The van der Waals surface area contributed by atoms with E-state index in [1.54, 1.807) is 0 Å². The molecule has 0 N–H and O–H groups in total. The van der Waals surface area contributed by atoms with Gasteiger partial charge >= 0.3 is 8.24 Å². The Morgan fingerprint density at radius 3 is 1.92 bits per heavy atom. The Bertz CT molecular complexity index is 2320. The molecule has 0 radical (unpaired) electrons. The number of benzene rings is 5. The Balaban J connectivity index is 1.51. The molecule has 1 aromatic heterocycles. The van der Waals surface area contributed by atoms with Gasteiger partial charge in [0, 0.05) is 29.2 Å². The Hall–Kier alpha value is -5.35. The monoisotopic (exact) mass is 691 g/mol. The Labute approximate surface area is 300 Å². The zero-order valence-electron chi connectivity index (χ0n) is 29.3. The van der Waals surface area contributed by atoms with E-state index in [0.29, 0.717) is 25.3 Å². The highest BCUT2D eigenvalue weighted by atomic mass is 31.1. The summed E-state index contributed by atoms with van der Waals surface area (Å²) in [7, 11) is -2.00. The number of aliphatic imine (C=N–C) groups is 1. The number of ether oxygens (including phenoxy) is 1. The first-order valence-electron chi connectivity index (χ1n) is 17.4. The van der Waals surface area contributed by atoms with Crippen LogP contribution in [0.15, 0.2) is 177 Å². The SMILES string of the molecule is C=C/C=C(\C=C/C)CC(CC(/C=C\C)=C/C)(Op1oc2ccc3ccccc3c2c2c(ccc3ccccc32)o1)C1COC(c2ccccc2)=N1. The number of rotatable bonds is 11. The summed E-state index contributed by atoms with van der Waals surface area (Å²) in [6.07, 6.45) is 15.4. The topological polar surface area (TPSA) is 57.1 Å². The second-order valence-corrected chi connectivity index (χ2v) is 13.7. The Morgan fingerprint density at radius 1 is 0.765 bits per heavy atom. The minimum Gasteiger partial charge on any atom is -0.475 e. The zero-order chi connectivity index (χ0) is 35.2. The average molecular weight is 692 g/mol. The molecule has 2 atom stereocenters. The van der Waals surface area contributed by atoms with Gasteiger partial charge in [-0.15, -0.1) is 0 Å². The standard InChI is InChI=1S/C45H42NO4P/c1-5-16-32(8-4)29-45(30-33(17-6-2)18-7-3,41-31-47-44(46-41)36-21-10-9-11-22-36)50-51-48-39-27-25-34-19-12-14-23-37(34)42(39)43-38-24-15-13-20-35(38)26-28-40(43)49-51/h5-28,41H,2,29-31H2,1,3-4H3/b16-5-,18-7-,32-8+,33-17+. The number of allylic oxidation sites excluding steroid dienone is 7. The van der Waals surface area contributed by atoms with Gasteiger partial charge in [0.25, 0.3) is 0 Å². The second-order valence-electron chi connectivity index (χ2n) is 12.7. The lowest BCUT2D eigenvalue weighted by atomic mass is 9.81. The molecule has 0 aliphatic carbocycles. The lowest BCUT2D eigenvalue weighted by molar-refractivity contribution is 0.0731. The van der Waals surface area contributed by atoms with E-state index in [0.717, 1.165) is 60.2 Å². The minimum atomic E-state index is -2.00. The maximum atomic E-state index is 7.42. The molecule has 0 saturated heterocycles. The number of nitrogens with zero attached hydrogens (tertiary/aromatic N) is 1. The summed E-state index contributed by atoms with van der Waals surface area (Å²) in [6.45, 7) is 10.5. The van der Waals surface area contributed by atoms with E-state index in [9.17, 15) is 0 Å². The molecule has 0 spiro atoms. The maximum Gasteiger partial charge on any atom is 0.388 e. The van der Waals surface area contributed by atoms with Crippen LogP contribution in [0.3, 0.4) is 0 Å². The van der Waals surface area contributed by atoms with Crippen LogP contribution in [0.1, 0.15) is 39.2 Å². The van der Waals surface area contributed by atoms with E-state index in [4.69, 9.17) is 22.6 Å². The molecule has 5 nitrogen and oxygen atoms in total. The molecular formula is C45H42NO4P. The van der Waals surface area contributed by atoms with Gasteiger partial charge in [0.05, 0.1) is 0 Å². The molecule has 7 rings (SSSR count). The number of hydrogen-bond acceptors (Lipinski definition) is 5. The molecule has 0 fully saturated rings. The van der Waals surface area contributed by atoms with E-state index in [-0.39, 0.29) is 6.04 Å². The molecule has 0 amide bonds.